The molecule has 6 nitrogen and oxygen atoms in total. The SMILES string of the molecule is O=C(NCCCOc1ccccc1)N1CCCC(CN2CCOCC2)C1. The number of hydrogen-bond donors (Lipinski definition) is 1. The lowest BCUT2D eigenvalue weighted by molar-refractivity contribution is 0.0249. The van der Waals surface area contributed by atoms with Gasteiger partial charge >= 0.3 is 6.03 Å². The average Bonchev–Trinajstić information content (AvgIpc) is 2.69. The third kappa shape index (κ3) is 6.18. The molecule has 2 aliphatic rings. The zero-order valence-corrected chi connectivity index (χ0v) is 15.6. The van der Waals surface area contributed by atoms with Gasteiger partial charge in [0.25, 0.3) is 0 Å². The highest BCUT2D eigenvalue weighted by molar-refractivity contribution is 5.74. The van der Waals surface area contributed by atoms with Gasteiger partial charge in [0.15, 0.2) is 0 Å². The lowest BCUT2D eigenvalue weighted by Crippen LogP contribution is -2.49. The topological polar surface area (TPSA) is 54.0 Å². The molecule has 2 fully saturated rings. The van der Waals surface area contributed by atoms with Gasteiger partial charge in [-0.2, -0.15) is 0 Å². The number of likely N-dealkylation sites (tertiary alicyclic amines) is 1. The van der Waals surface area contributed by atoms with Crippen molar-refractivity contribution in [2.75, 3.05) is 59.1 Å². The summed E-state index contributed by atoms with van der Waals surface area (Å²) in [4.78, 5) is 16.9. The van der Waals surface area contributed by atoms with Crippen molar-refractivity contribution in [1.29, 1.82) is 0 Å². The highest BCUT2D eigenvalue weighted by Crippen LogP contribution is 2.18. The van der Waals surface area contributed by atoms with Gasteiger partial charge in [0, 0.05) is 39.3 Å². The number of nitrogens with one attached hydrogen (secondary N) is 1. The first kappa shape index (κ1) is 19.0. The molecule has 144 valence electrons. The third-order valence-corrected chi connectivity index (χ3v) is 5.04. The maximum atomic E-state index is 12.4. The van der Waals surface area contributed by atoms with Gasteiger partial charge in [-0.1, -0.05) is 18.2 Å². The van der Waals surface area contributed by atoms with E-state index in [1.54, 1.807) is 0 Å². The van der Waals surface area contributed by atoms with Crippen molar-refractivity contribution in [3.8, 4) is 5.75 Å². The van der Waals surface area contributed by atoms with E-state index < -0.39 is 0 Å². The van der Waals surface area contributed by atoms with Crippen molar-refractivity contribution in [2.45, 2.75) is 19.3 Å². The Kier molecular flexibility index (Phi) is 7.58. The molecule has 0 spiro atoms. The first-order valence-electron chi connectivity index (χ1n) is 9.82. The van der Waals surface area contributed by atoms with Gasteiger partial charge in [-0.15, -0.1) is 0 Å². The van der Waals surface area contributed by atoms with Crippen LogP contribution in [0.2, 0.25) is 0 Å². The predicted molar refractivity (Wildman–Crippen MR) is 102 cm³/mol. The van der Waals surface area contributed by atoms with Gasteiger partial charge in [0.2, 0.25) is 0 Å². The van der Waals surface area contributed by atoms with Crippen molar-refractivity contribution in [3.05, 3.63) is 30.3 Å². The number of amides is 2. The number of ether oxygens (including phenoxy) is 2. The maximum Gasteiger partial charge on any atom is 0.317 e. The Hall–Kier alpha value is -1.79. The summed E-state index contributed by atoms with van der Waals surface area (Å²) in [6.07, 6.45) is 3.12. The van der Waals surface area contributed by atoms with E-state index in [4.69, 9.17) is 9.47 Å². The fourth-order valence-corrected chi connectivity index (χ4v) is 3.63. The Balaban J connectivity index is 1.30. The standard InChI is InChI=1S/C20H31N3O3/c24-20(21-9-5-13-26-19-7-2-1-3-8-19)23-10-4-6-18(17-23)16-22-11-14-25-15-12-22/h1-3,7-8,18H,4-6,9-17H2,(H,21,24). The first-order chi connectivity index (χ1) is 12.8. The zero-order valence-electron chi connectivity index (χ0n) is 15.6. The summed E-state index contributed by atoms with van der Waals surface area (Å²) < 4.78 is 11.1. The summed E-state index contributed by atoms with van der Waals surface area (Å²) in [5.74, 6) is 1.45. The Morgan fingerprint density at radius 2 is 2.00 bits per heavy atom. The van der Waals surface area contributed by atoms with Crippen molar-refractivity contribution in [2.24, 2.45) is 5.92 Å². The fraction of sp³-hybridized carbons (Fsp3) is 0.650. The number of carbonyl (C=O) groups excluding carboxylic acids is 1. The van der Waals surface area contributed by atoms with Crippen molar-refractivity contribution in [3.63, 3.8) is 0 Å². The molecular weight excluding hydrogens is 330 g/mol. The highest BCUT2D eigenvalue weighted by Gasteiger charge is 2.25. The van der Waals surface area contributed by atoms with E-state index >= 15 is 0 Å². The number of urea groups is 1. The summed E-state index contributed by atoms with van der Waals surface area (Å²) in [6, 6.07) is 9.85. The second-order valence-electron chi connectivity index (χ2n) is 7.11. The molecule has 1 N–H and O–H groups in total. The lowest BCUT2D eigenvalue weighted by atomic mass is 9.97. The monoisotopic (exact) mass is 361 g/mol. The molecule has 1 aromatic carbocycles. The number of carbonyl (C=O) groups is 1. The second kappa shape index (κ2) is 10.4. The highest BCUT2D eigenvalue weighted by atomic mass is 16.5. The molecule has 2 amide bonds. The third-order valence-electron chi connectivity index (χ3n) is 5.04. The molecule has 2 aliphatic heterocycles. The number of rotatable bonds is 7. The van der Waals surface area contributed by atoms with E-state index in [0.29, 0.717) is 19.1 Å². The zero-order chi connectivity index (χ0) is 18.0. The fourth-order valence-electron chi connectivity index (χ4n) is 3.63. The number of benzene rings is 1. The molecule has 2 heterocycles. The summed E-state index contributed by atoms with van der Waals surface area (Å²) in [7, 11) is 0. The Morgan fingerprint density at radius 1 is 1.19 bits per heavy atom. The number of hydrogen-bond acceptors (Lipinski definition) is 4. The van der Waals surface area contributed by atoms with Crippen LogP contribution >= 0.6 is 0 Å². The molecule has 0 bridgehead atoms. The van der Waals surface area contributed by atoms with Crippen LogP contribution < -0.4 is 10.1 Å². The van der Waals surface area contributed by atoms with Crippen LogP contribution in [0.4, 0.5) is 4.79 Å². The summed E-state index contributed by atoms with van der Waals surface area (Å²) >= 11 is 0. The molecule has 1 atom stereocenters. The van der Waals surface area contributed by atoms with E-state index in [1.165, 1.54) is 6.42 Å². The quantitative estimate of drug-likeness (QED) is 0.757. The molecule has 6 heteroatoms. The molecule has 0 aliphatic carbocycles. The molecule has 1 aromatic rings. The molecule has 0 saturated carbocycles. The van der Waals surface area contributed by atoms with Gasteiger partial charge in [-0.05, 0) is 37.3 Å². The second-order valence-corrected chi connectivity index (χ2v) is 7.11. The largest absolute Gasteiger partial charge is 0.494 e. The van der Waals surface area contributed by atoms with Gasteiger partial charge < -0.3 is 19.7 Å². The van der Waals surface area contributed by atoms with Crippen LogP contribution in [-0.4, -0.2) is 74.9 Å². The minimum Gasteiger partial charge on any atom is -0.494 e. The maximum absolute atomic E-state index is 12.4. The molecule has 0 radical (unpaired) electrons. The van der Waals surface area contributed by atoms with Crippen LogP contribution in [0.1, 0.15) is 19.3 Å². The Morgan fingerprint density at radius 3 is 2.81 bits per heavy atom. The van der Waals surface area contributed by atoms with Crippen LogP contribution in [-0.2, 0) is 4.74 Å². The minimum atomic E-state index is 0.0661. The number of nitrogens with zero attached hydrogens (tertiary/aromatic N) is 2. The average molecular weight is 361 g/mol. The predicted octanol–water partition coefficient (Wildman–Crippen LogP) is 2.21. The van der Waals surface area contributed by atoms with E-state index in [1.807, 2.05) is 35.2 Å². The first-order valence-corrected chi connectivity index (χ1v) is 9.82. The molecule has 1 unspecified atom stereocenters. The van der Waals surface area contributed by atoms with Crippen molar-refractivity contribution >= 4 is 6.03 Å². The normalized spacial score (nSPS) is 21.4. The van der Waals surface area contributed by atoms with Crippen molar-refractivity contribution in [1.82, 2.24) is 15.1 Å². The number of para-hydroxylation sites is 1. The molecule has 2 saturated heterocycles. The van der Waals surface area contributed by atoms with Gasteiger partial charge in [-0.3, -0.25) is 4.90 Å². The van der Waals surface area contributed by atoms with Crippen LogP contribution in [0.25, 0.3) is 0 Å². The van der Waals surface area contributed by atoms with Crippen LogP contribution in [0.15, 0.2) is 30.3 Å². The van der Waals surface area contributed by atoms with Crippen LogP contribution in [0.5, 0.6) is 5.75 Å². The van der Waals surface area contributed by atoms with Crippen LogP contribution in [0.3, 0.4) is 0 Å². The van der Waals surface area contributed by atoms with E-state index in [-0.39, 0.29) is 6.03 Å². The summed E-state index contributed by atoms with van der Waals surface area (Å²) in [5.41, 5.74) is 0. The Labute approximate surface area is 156 Å². The molecule has 26 heavy (non-hydrogen) atoms. The number of piperidine rings is 1. The summed E-state index contributed by atoms with van der Waals surface area (Å²) in [6.45, 7) is 7.78. The Bertz CT molecular complexity index is 534. The van der Waals surface area contributed by atoms with Crippen molar-refractivity contribution < 1.29 is 14.3 Å². The van der Waals surface area contributed by atoms with E-state index in [2.05, 4.69) is 10.2 Å². The molecule has 3 rings (SSSR count). The molecular formula is C20H31N3O3. The smallest absolute Gasteiger partial charge is 0.317 e. The minimum absolute atomic E-state index is 0.0661. The number of morpholine rings is 1. The molecule has 0 aromatic heterocycles. The van der Waals surface area contributed by atoms with E-state index in [9.17, 15) is 4.79 Å². The van der Waals surface area contributed by atoms with Crippen LogP contribution in [0, 0.1) is 5.92 Å². The van der Waals surface area contributed by atoms with Gasteiger partial charge in [0.05, 0.1) is 19.8 Å². The lowest BCUT2D eigenvalue weighted by Gasteiger charge is -2.36. The van der Waals surface area contributed by atoms with E-state index in [0.717, 1.165) is 64.5 Å². The van der Waals surface area contributed by atoms with Gasteiger partial charge in [-0.25, -0.2) is 4.79 Å². The summed E-state index contributed by atoms with van der Waals surface area (Å²) in [5, 5.41) is 3.04. The van der Waals surface area contributed by atoms with Gasteiger partial charge in [0.1, 0.15) is 5.75 Å².